The average molecular weight is 600 g/mol. The van der Waals surface area contributed by atoms with Crippen LogP contribution in [-0.2, 0) is 14.3 Å². The van der Waals surface area contributed by atoms with Gasteiger partial charge < -0.3 is 20.1 Å². The first kappa shape index (κ1) is 32.8. The highest BCUT2D eigenvalue weighted by molar-refractivity contribution is 5.82. The number of fused-ring (bicyclic) bond motifs is 5. The third-order valence-electron chi connectivity index (χ3n) is 12.8. The number of nitrogens with zero attached hydrogens (tertiary/aromatic N) is 1. The van der Waals surface area contributed by atoms with Crippen LogP contribution in [0.25, 0.3) is 0 Å². The number of carbonyl (C=O) groups excluding carboxylic acids is 2. The molecule has 0 aromatic carbocycles. The van der Waals surface area contributed by atoms with Gasteiger partial charge in [0.25, 0.3) is 0 Å². The van der Waals surface area contributed by atoms with Gasteiger partial charge in [-0.3, -0.25) is 9.69 Å². The minimum absolute atomic E-state index is 0.0453. The molecule has 2 N–H and O–H groups in total. The van der Waals surface area contributed by atoms with Gasteiger partial charge >= 0.3 is 6.09 Å². The summed E-state index contributed by atoms with van der Waals surface area (Å²) in [7, 11) is 0. The van der Waals surface area contributed by atoms with Crippen LogP contribution < -0.4 is 10.6 Å². The van der Waals surface area contributed by atoms with Crippen LogP contribution in [0.4, 0.5) is 4.79 Å². The minimum Gasteiger partial charge on any atom is -0.446 e. The standard InChI is InChI=1S/C36H61N3O4/c1-25(2)7-6-8-26(3)30-11-12-31-29-10-9-27-23-28(13-15-35(27,4)32(29)14-16-36(30,31)5)43-34(41)38-24-33(40)37-17-18-39-19-21-42-22-20-39/h9,25-26,28-32H,6-8,10-24H2,1-5H3,(H,37,40)(H,38,41)/t26-,28-,29?,30?,31?,32?,35-,36?/m0/s1. The van der Waals surface area contributed by atoms with Gasteiger partial charge in [0.05, 0.1) is 19.8 Å². The molecule has 4 aliphatic carbocycles. The molecule has 1 saturated heterocycles. The molecule has 244 valence electrons. The maximum atomic E-state index is 12.6. The van der Waals surface area contributed by atoms with Crippen molar-refractivity contribution in [2.24, 2.45) is 46.3 Å². The molecule has 2 amide bonds. The van der Waals surface area contributed by atoms with E-state index < -0.39 is 6.09 Å². The van der Waals surface area contributed by atoms with Crippen molar-refractivity contribution in [3.8, 4) is 0 Å². The Morgan fingerprint density at radius 3 is 2.58 bits per heavy atom. The van der Waals surface area contributed by atoms with Gasteiger partial charge in [-0.25, -0.2) is 4.79 Å². The van der Waals surface area contributed by atoms with E-state index in [-0.39, 0.29) is 24.0 Å². The lowest BCUT2D eigenvalue weighted by Gasteiger charge is -2.58. The fraction of sp³-hybridized carbons (Fsp3) is 0.889. The predicted octanol–water partition coefficient (Wildman–Crippen LogP) is 6.57. The lowest BCUT2D eigenvalue weighted by atomic mass is 9.47. The zero-order chi connectivity index (χ0) is 30.6. The van der Waals surface area contributed by atoms with Crippen LogP contribution in [0.2, 0.25) is 0 Å². The number of allylic oxidation sites excluding steroid dienone is 1. The van der Waals surface area contributed by atoms with E-state index in [2.05, 4.69) is 56.2 Å². The van der Waals surface area contributed by atoms with E-state index in [0.717, 1.165) is 87.6 Å². The van der Waals surface area contributed by atoms with E-state index in [4.69, 9.17) is 9.47 Å². The zero-order valence-corrected chi connectivity index (χ0v) is 27.9. The van der Waals surface area contributed by atoms with Crippen molar-refractivity contribution in [3.05, 3.63) is 11.6 Å². The topological polar surface area (TPSA) is 79.9 Å². The maximum absolute atomic E-state index is 12.6. The lowest BCUT2D eigenvalue weighted by molar-refractivity contribution is -0.120. The van der Waals surface area contributed by atoms with E-state index in [1.807, 2.05) is 0 Å². The quantitative estimate of drug-likeness (QED) is 0.263. The van der Waals surface area contributed by atoms with Gasteiger partial charge in [-0.15, -0.1) is 0 Å². The second-order valence-electron chi connectivity index (χ2n) is 15.7. The van der Waals surface area contributed by atoms with Crippen LogP contribution in [-0.4, -0.2) is 68.9 Å². The molecule has 8 atom stereocenters. The first-order valence-electron chi connectivity index (χ1n) is 17.8. The molecule has 43 heavy (non-hydrogen) atoms. The molecule has 3 saturated carbocycles. The van der Waals surface area contributed by atoms with Crippen LogP contribution in [0.5, 0.6) is 0 Å². The Kier molecular flexibility index (Phi) is 10.8. The first-order chi connectivity index (χ1) is 20.6. The molecule has 5 unspecified atom stereocenters. The van der Waals surface area contributed by atoms with Gasteiger partial charge in [0.2, 0.25) is 5.91 Å². The van der Waals surface area contributed by atoms with Crippen molar-refractivity contribution in [1.82, 2.24) is 15.5 Å². The van der Waals surface area contributed by atoms with E-state index in [9.17, 15) is 9.59 Å². The maximum Gasteiger partial charge on any atom is 0.407 e. The van der Waals surface area contributed by atoms with Crippen molar-refractivity contribution in [3.63, 3.8) is 0 Å². The Morgan fingerprint density at radius 1 is 1.02 bits per heavy atom. The van der Waals surface area contributed by atoms with Crippen molar-refractivity contribution >= 4 is 12.0 Å². The molecule has 0 radical (unpaired) electrons. The molecule has 4 fully saturated rings. The third kappa shape index (κ3) is 7.45. The summed E-state index contributed by atoms with van der Waals surface area (Å²) in [6.45, 7) is 17.1. The van der Waals surface area contributed by atoms with Crippen molar-refractivity contribution in [2.45, 2.75) is 111 Å². The monoisotopic (exact) mass is 599 g/mol. The molecular formula is C36H61N3O4. The highest BCUT2D eigenvalue weighted by atomic mass is 16.6. The van der Waals surface area contributed by atoms with Crippen LogP contribution in [0.15, 0.2) is 11.6 Å². The smallest absolute Gasteiger partial charge is 0.407 e. The van der Waals surface area contributed by atoms with E-state index in [1.54, 1.807) is 0 Å². The van der Waals surface area contributed by atoms with Gasteiger partial charge in [-0.1, -0.05) is 65.5 Å². The van der Waals surface area contributed by atoms with Crippen LogP contribution >= 0.6 is 0 Å². The molecule has 1 aliphatic heterocycles. The summed E-state index contributed by atoms with van der Waals surface area (Å²) in [6.07, 6.45) is 15.8. The molecule has 7 nitrogen and oxygen atoms in total. The van der Waals surface area contributed by atoms with Crippen LogP contribution in [0.1, 0.15) is 105 Å². The Bertz CT molecular complexity index is 993. The fourth-order valence-electron chi connectivity index (χ4n) is 10.3. The Hall–Kier alpha value is -1.60. The normalized spacial score (nSPS) is 36.6. The minimum atomic E-state index is -0.473. The van der Waals surface area contributed by atoms with Gasteiger partial charge in [0.15, 0.2) is 0 Å². The number of carbonyl (C=O) groups is 2. The summed E-state index contributed by atoms with van der Waals surface area (Å²) in [5.41, 5.74) is 2.27. The summed E-state index contributed by atoms with van der Waals surface area (Å²) in [4.78, 5) is 27.1. The molecule has 0 aromatic heterocycles. The second-order valence-corrected chi connectivity index (χ2v) is 15.7. The van der Waals surface area contributed by atoms with Crippen LogP contribution in [0.3, 0.4) is 0 Å². The summed E-state index contributed by atoms with van der Waals surface area (Å²) >= 11 is 0. The van der Waals surface area contributed by atoms with E-state index >= 15 is 0 Å². The zero-order valence-electron chi connectivity index (χ0n) is 27.9. The van der Waals surface area contributed by atoms with Crippen molar-refractivity contribution in [2.75, 3.05) is 45.9 Å². The molecule has 5 aliphatic rings. The van der Waals surface area contributed by atoms with Crippen molar-refractivity contribution in [1.29, 1.82) is 0 Å². The van der Waals surface area contributed by atoms with Crippen molar-refractivity contribution < 1.29 is 19.1 Å². The van der Waals surface area contributed by atoms with E-state index in [0.29, 0.717) is 12.0 Å². The lowest BCUT2D eigenvalue weighted by Crippen LogP contribution is -2.51. The molecule has 0 aromatic rings. The SMILES string of the molecule is CC(C)CCC[C@H](C)C1CCC2C3CC=C4C[C@@H](OC(=O)NCC(=O)NCCN5CCOCC5)CC[C@]4(C)C3CCC21C. The Labute approximate surface area is 261 Å². The summed E-state index contributed by atoms with van der Waals surface area (Å²) in [5, 5.41) is 5.58. The predicted molar refractivity (Wildman–Crippen MR) is 172 cm³/mol. The molecule has 7 heteroatoms. The van der Waals surface area contributed by atoms with E-state index in [1.165, 1.54) is 56.9 Å². The Balaban J connectivity index is 1.09. The molecule has 0 spiro atoms. The number of hydrogen-bond acceptors (Lipinski definition) is 5. The fourth-order valence-corrected chi connectivity index (χ4v) is 10.3. The highest BCUT2D eigenvalue weighted by Crippen LogP contribution is 2.67. The average Bonchev–Trinajstić information content (AvgIpc) is 3.34. The molecule has 1 heterocycles. The summed E-state index contributed by atoms with van der Waals surface area (Å²) in [6, 6.07) is 0. The second kappa shape index (κ2) is 14.2. The van der Waals surface area contributed by atoms with Gasteiger partial charge in [0.1, 0.15) is 6.10 Å². The third-order valence-corrected chi connectivity index (χ3v) is 12.8. The Morgan fingerprint density at radius 2 is 1.81 bits per heavy atom. The number of ether oxygens (including phenoxy) is 2. The largest absolute Gasteiger partial charge is 0.446 e. The molecule has 5 rings (SSSR count). The first-order valence-corrected chi connectivity index (χ1v) is 17.8. The van der Waals surface area contributed by atoms with Gasteiger partial charge in [0, 0.05) is 32.6 Å². The summed E-state index contributed by atoms with van der Waals surface area (Å²) in [5.74, 6) is 4.80. The van der Waals surface area contributed by atoms with Gasteiger partial charge in [-0.05, 0) is 91.3 Å². The summed E-state index contributed by atoms with van der Waals surface area (Å²) < 4.78 is 11.2. The number of amides is 2. The molecular weight excluding hydrogens is 538 g/mol. The van der Waals surface area contributed by atoms with Gasteiger partial charge in [-0.2, -0.15) is 0 Å². The number of morpholine rings is 1. The number of rotatable bonds is 11. The number of hydrogen-bond donors (Lipinski definition) is 2. The highest BCUT2D eigenvalue weighted by Gasteiger charge is 2.59. The molecule has 0 bridgehead atoms. The number of nitrogens with one attached hydrogen (secondary N) is 2. The van der Waals surface area contributed by atoms with Crippen LogP contribution in [0, 0.1) is 46.3 Å². The number of alkyl carbamates (subject to hydrolysis) is 1.